The van der Waals surface area contributed by atoms with Crippen molar-refractivity contribution in [2.45, 2.75) is 10.5 Å². The second kappa shape index (κ2) is 2.56. The van der Waals surface area contributed by atoms with Crippen LogP contribution in [-0.2, 0) is 20.2 Å². The molecule has 0 aromatic carbocycles. The van der Waals surface area contributed by atoms with Gasteiger partial charge in [0.2, 0.25) is 0 Å². The maximum absolute atomic E-state index is 10.2. The van der Waals surface area contributed by atoms with Crippen LogP contribution in [0.4, 0.5) is 0 Å². The Bertz CT molecular complexity index is 301. The average Bonchev–Trinajstić information content (AvgIpc) is 1.58. The summed E-state index contributed by atoms with van der Waals surface area (Å²) < 4.78 is 54.0. The van der Waals surface area contributed by atoms with Crippen LogP contribution in [0.5, 0.6) is 0 Å². The molecule has 0 amide bonds. The van der Waals surface area contributed by atoms with Crippen LogP contribution in [0, 0.1) is 0 Å². The molecule has 0 aliphatic heterocycles. The molecule has 9 heteroatoms. The third kappa shape index (κ3) is 2.03. The number of halogens is 1. The second-order valence-electron chi connectivity index (χ2n) is 1.78. The summed E-state index contributed by atoms with van der Waals surface area (Å²) in [7, 11) is -10.1. The fourth-order valence-corrected chi connectivity index (χ4v) is 1.20. The van der Waals surface area contributed by atoms with Crippen LogP contribution in [-0.4, -0.2) is 29.5 Å². The van der Waals surface area contributed by atoms with E-state index in [1.807, 2.05) is 0 Å². The summed E-state index contributed by atoms with van der Waals surface area (Å²) in [4.78, 5) is 0. The monoisotopic (exact) mass is 224 g/mol. The molecule has 0 aliphatic carbocycles. The van der Waals surface area contributed by atoms with Gasteiger partial charge in [0.25, 0.3) is 3.54 Å². The summed E-state index contributed by atoms with van der Waals surface area (Å²) in [5.41, 5.74) is 0. The van der Waals surface area contributed by atoms with Gasteiger partial charge < -0.3 is 0 Å². The van der Waals surface area contributed by atoms with E-state index in [-0.39, 0.29) is 0 Å². The Morgan fingerprint density at radius 1 is 1.09 bits per heavy atom. The van der Waals surface area contributed by atoms with Crippen LogP contribution in [0.2, 0.25) is 0 Å². The number of alkyl halides is 1. The predicted molar refractivity (Wildman–Crippen MR) is 37.4 cm³/mol. The van der Waals surface area contributed by atoms with Crippen molar-refractivity contribution < 1.29 is 25.9 Å². The van der Waals surface area contributed by atoms with Crippen molar-refractivity contribution in [1.82, 2.24) is 0 Å². The topological polar surface area (TPSA) is 109 Å². The Hall–Kier alpha value is 0.110. The first-order chi connectivity index (χ1) is 4.50. The molecule has 0 heterocycles. The Morgan fingerprint density at radius 3 is 1.27 bits per heavy atom. The molecule has 0 fully saturated rings. The molecule has 0 atom stereocenters. The normalized spacial score (nSPS) is 14.9. The van der Waals surface area contributed by atoms with Gasteiger partial charge in [0, 0.05) is 0 Å². The Balaban J connectivity index is 5.45. The Labute approximate surface area is 68.7 Å². The highest BCUT2D eigenvalue weighted by molar-refractivity contribution is 8.07. The standard InChI is InChI=1S/C2H5ClO6S2/c1-2(3,10(4,5)6)11(7,8)9/h1H3,(H,4,5,6)(H,7,8,9). The van der Waals surface area contributed by atoms with Crippen molar-refractivity contribution in [1.29, 1.82) is 0 Å². The average molecular weight is 225 g/mol. The quantitative estimate of drug-likeness (QED) is 0.491. The van der Waals surface area contributed by atoms with Crippen LogP contribution in [0.25, 0.3) is 0 Å². The molecule has 0 aromatic heterocycles. The minimum Gasteiger partial charge on any atom is -0.283 e. The van der Waals surface area contributed by atoms with Gasteiger partial charge in [-0.15, -0.1) is 0 Å². The van der Waals surface area contributed by atoms with E-state index in [1.54, 1.807) is 0 Å². The molecule has 2 N–H and O–H groups in total. The SMILES string of the molecule is CC(Cl)(S(=O)(=O)O)S(=O)(=O)O. The highest BCUT2D eigenvalue weighted by atomic mass is 35.5. The first-order valence-corrected chi connectivity index (χ1v) is 5.39. The summed E-state index contributed by atoms with van der Waals surface area (Å²) in [5.74, 6) is 0. The van der Waals surface area contributed by atoms with Crippen molar-refractivity contribution in [3.05, 3.63) is 0 Å². The zero-order chi connectivity index (χ0) is 9.50. The summed E-state index contributed by atoms with van der Waals surface area (Å²) in [6.07, 6.45) is 0. The highest BCUT2D eigenvalue weighted by Gasteiger charge is 2.48. The van der Waals surface area contributed by atoms with Crippen molar-refractivity contribution in [3.8, 4) is 0 Å². The zero-order valence-corrected chi connectivity index (χ0v) is 7.61. The van der Waals surface area contributed by atoms with Crippen molar-refractivity contribution in [2.75, 3.05) is 0 Å². The smallest absolute Gasteiger partial charge is 0.283 e. The van der Waals surface area contributed by atoms with E-state index in [9.17, 15) is 16.8 Å². The van der Waals surface area contributed by atoms with Gasteiger partial charge in [-0.1, -0.05) is 11.6 Å². The van der Waals surface area contributed by atoms with Crippen molar-refractivity contribution >= 4 is 31.8 Å². The first kappa shape index (κ1) is 11.1. The summed E-state index contributed by atoms with van der Waals surface area (Å²) in [6.45, 7) is 0.444. The molecule has 0 radical (unpaired) electrons. The van der Waals surface area contributed by atoms with Gasteiger partial charge in [0.15, 0.2) is 0 Å². The highest BCUT2D eigenvalue weighted by Crippen LogP contribution is 2.26. The van der Waals surface area contributed by atoms with Gasteiger partial charge in [-0.2, -0.15) is 16.8 Å². The molecule has 0 spiro atoms. The molecule has 11 heavy (non-hydrogen) atoms. The Kier molecular flexibility index (Phi) is 2.58. The molecule has 68 valence electrons. The molecule has 0 saturated heterocycles. The van der Waals surface area contributed by atoms with Crippen LogP contribution < -0.4 is 0 Å². The van der Waals surface area contributed by atoms with Crippen LogP contribution in [0.1, 0.15) is 6.92 Å². The van der Waals surface area contributed by atoms with E-state index < -0.39 is 23.8 Å². The number of hydrogen-bond donors (Lipinski definition) is 2. The zero-order valence-electron chi connectivity index (χ0n) is 5.22. The van der Waals surface area contributed by atoms with Crippen LogP contribution in [0.3, 0.4) is 0 Å². The van der Waals surface area contributed by atoms with Crippen LogP contribution >= 0.6 is 11.6 Å². The fourth-order valence-electron chi connectivity index (χ4n) is 0.133. The molecule has 0 unspecified atom stereocenters. The Morgan fingerprint density at radius 2 is 1.27 bits per heavy atom. The van der Waals surface area contributed by atoms with E-state index in [4.69, 9.17) is 20.7 Å². The van der Waals surface area contributed by atoms with Gasteiger partial charge in [0.05, 0.1) is 0 Å². The summed E-state index contributed by atoms with van der Waals surface area (Å²) in [6, 6.07) is 0. The van der Waals surface area contributed by atoms with Gasteiger partial charge in [-0.3, -0.25) is 9.11 Å². The number of hydrogen-bond acceptors (Lipinski definition) is 4. The maximum atomic E-state index is 10.2. The van der Waals surface area contributed by atoms with Crippen LogP contribution in [0.15, 0.2) is 0 Å². The minimum atomic E-state index is -5.03. The van der Waals surface area contributed by atoms with Crippen molar-refractivity contribution in [2.24, 2.45) is 0 Å². The maximum Gasteiger partial charge on any atom is 0.302 e. The lowest BCUT2D eigenvalue weighted by molar-refractivity contribution is 0.451. The molecule has 0 bridgehead atoms. The summed E-state index contributed by atoms with van der Waals surface area (Å²) >= 11 is 4.81. The lowest BCUT2D eigenvalue weighted by Crippen LogP contribution is -2.37. The van der Waals surface area contributed by atoms with E-state index in [0.29, 0.717) is 6.92 Å². The van der Waals surface area contributed by atoms with E-state index in [1.165, 1.54) is 0 Å². The van der Waals surface area contributed by atoms with E-state index >= 15 is 0 Å². The van der Waals surface area contributed by atoms with E-state index in [2.05, 4.69) is 0 Å². The first-order valence-electron chi connectivity index (χ1n) is 2.13. The molecular weight excluding hydrogens is 220 g/mol. The molecule has 0 aromatic rings. The van der Waals surface area contributed by atoms with E-state index in [0.717, 1.165) is 0 Å². The van der Waals surface area contributed by atoms with Gasteiger partial charge in [0.1, 0.15) is 0 Å². The largest absolute Gasteiger partial charge is 0.302 e. The van der Waals surface area contributed by atoms with Gasteiger partial charge >= 0.3 is 20.2 Å². The summed E-state index contributed by atoms with van der Waals surface area (Å²) in [5, 5.41) is 0. The molecular formula is C2H5ClO6S2. The molecule has 0 saturated carbocycles. The fraction of sp³-hybridized carbons (Fsp3) is 1.00. The van der Waals surface area contributed by atoms with Crippen molar-refractivity contribution in [3.63, 3.8) is 0 Å². The third-order valence-electron chi connectivity index (χ3n) is 0.922. The molecule has 6 nitrogen and oxygen atoms in total. The lowest BCUT2D eigenvalue weighted by atomic mass is 10.9. The van der Waals surface area contributed by atoms with Gasteiger partial charge in [-0.25, -0.2) is 0 Å². The number of rotatable bonds is 2. The molecule has 0 rings (SSSR count). The minimum absolute atomic E-state index is 0.444. The third-order valence-corrected chi connectivity index (χ3v) is 5.20. The second-order valence-corrected chi connectivity index (χ2v) is 6.78. The van der Waals surface area contributed by atoms with Gasteiger partial charge in [-0.05, 0) is 6.92 Å². The lowest BCUT2D eigenvalue weighted by Gasteiger charge is -2.13. The predicted octanol–water partition coefficient (Wildman–Crippen LogP) is -0.325. The molecule has 0 aliphatic rings.